The van der Waals surface area contributed by atoms with Crippen molar-refractivity contribution in [1.29, 1.82) is 0 Å². The number of piperazine rings is 1. The Morgan fingerprint density at radius 3 is 2.48 bits per heavy atom. The average molecular weight is 373 g/mol. The second kappa shape index (κ2) is 7.61. The third-order valence-electron chi connectivity index (χ3n) is 4.39. The van der Waals surface area contributed by atoms with Crippen LogP contribution >= 0.6 is 23.6 Å². The summed E-state index contributed by atoms with van der Waals surface area (Å²) >= 11 is 6.94. The van der Waals surface area contributed by atoms with Crippen LogP contribution in [0.1, 0.15) is 5.56 Å². The summed E-state index contributed by atoms with van der Waals surface area (Å²) in [5.41, 5.74) is 1.37. The molecule has 0 N–H and O–H groups in total. The number of benzene rings is 1. The molecule has 0 atom stereocenters. The van der Waals surface area contributed by atoms with Crippen LogP contribution in [0.5, 0.6) is 0 Å². The highest BCUT2D eigenvalue weighted by atomic mass is 32.1. The number of nitrogens with zero attached hydrogens (tertiary/aromatic N) is 4. The predicted octanol–water partition coefficient (Wildman–Crippen LogP) is 3.71. The van der Waals surface area contributed by atoms with Crippen LogP contribution in [0.15, 0.2) is 52.3 Å². The Bertz CT molecular complexity index is 849. The van der Waals surface area contributed by atoms with Gasteiger partial charge in [0, 0.05) is 32.7 Å². The lowest BCUT2D eigenvalue weighted by Crippen LogP contribution is -2.46. The van der Waals surface area contributed by atoms with Gasteiger partial charge in [-0.3, -0.25) is 9.80 Å². The van der Waals surface area contributed by atoms with E-state index in [0.29, 0.717) is 17.4 Å². The molecular formula is C18H20N4OS2. The Labute approximate surface area is 156 Å². The molecule has 130 valence electrons. The van der Waals surface area contributed by atoms with Crippen molar-refractivity contribution in [2.75, 3.05) is 26.2 Å². The highest BCUT2D eigenvalue weighted by molar-refractivity contribution is 7.71. The lowest BCUT2D eigenvalue weighted by Gasteiger charge is -2.34. The van der Waals surface area contributed by atoms with Crippen molar-refractivity contribution in [3.05, 3.63) is 58.2 Å². The van der Waals surface area contributed by atoms with E-state index >= 15 is 0 Å². The molecule has 3 aromatic rings. The monoisotopic (exact) mass is 372 g/mol. The van der Waals surface area contributed by atoms with Crippen molar-refractivity contribution in [3.8, 4) is 10.8 Å². The SMILES string of the molecule is S=c1oc(-c2cccs2)nn1CN1CCN(Cc2ccccc2)CC1. The van der Waals surface area contributed by atoms with Gasteiger partial charge in [0.15, 0.2) is 0 Å². The summed E-state index contributed by atoms with van der Waals surface area (Å²) in [5, 5.41) is 6.55. The second-order valence-corrected chi connectivity index (χ2v) is 7.47. The minimum atomic E-state index is 0.440. The van der Waals surface area contributed by atoms with Crippen molar-refractivity contribution in [3.63, 3.8) is 0 Å². The molecule has 5 nitrogen and oxygen atoms in total. The lowest BCUT2D eigenvalue weighted by molar-refractivity contribution is 0.0974. The Morgan fingerprint density at radius 2 is 1.76 bits per heavy atom. The van der Waals surface area contributed by atoms with Crippen LogP contribution in [0, 0.1) is 4.84 Å². The third-order valence-corrected chi connectivity index (χ3v) is 5.54. The van der Waals surface area contributed by atoms with E-state index in [4.69, 9.17) is 16.6 Å². The predicted molar refractivity (Wildman–Crippen MR) is 102 cm³/mol. The molecule has 1 aliphatic heterocycles. The molecule has 1 saturated heterocycles. The molecule has 0 aliphatic carbocycles. The van der Waals surface area contributed by atoms with Gasteiger partial charge in [-0.25, -0.2) is 4.68 Å². The zero-order valence-corrected chi connectivity index (χ0v) is 15.5. The first-order chi connectivity index (χ1) is 12.3. The Hall–Kier alpha value is -1.80. The van der Waals surface area contributed by atoms with Gasteiger partial charge in [-0.2, -0.15) is 0 Å². The maximum Gasteiger partial charge on any atom is 0.288 e. The fourth-order valence-electron chi connectivity index (χ4n) is 3.02. The molecule has 0 unspecified atom stereocenters. The second-order valence-electron chi connectivity index (χ2n) is 6.17. The first-order valence-corrected chi connectivity index (χ1v) is 9.67. The number of hydrogen-bond donors (Lipinski definition) is 0. The minimum Gasteiger partial charge on any atom is -0.408 e. The van der Waals surface area contributed by atoms with Gasteiger partial charge in [-0.15, -0.1) is 16.4 Å². The highest BCUT2D eigenvalue weighted by Gasteiger charge is 2.18. The summed E-state index contributed by atoms with van der Waals surface area (Å²) in [4.78, 5) is 6.32. The average Bonchev–Trinajstić information content (AvgIpc) is 3.28. The van der Waals surface area contributed by atoms with Gasteiger partial charge >= 0.3 is 0 Å². The molecule has 2 aromatic heterocycles. The molecule has 4 rings (SSSR count). The molecule has 1 fully saturated rings. The fraction of sp³-hybridized carbons (Fsp3) is 0.333. The van der Waals surface area contributed by atoms with E-state index in [-0.39, 0.29) is 0 Å². The topological polar surface area (TPSA) is 37.4 Å². The first kappa shape index (κ1) is 16.7. The molecule has 3 heterocycles. The maximum absolute atomic E-state index is 5.64. The van der Waals surface area contributed by atoms with E-state index < -0.39 is 0 Å². The van der Waals surface area contributed by atoms with E-state index in [1.54, 1.807) is 16.0 Å². The maximum atomic E-state index is 5.64. The Kier molecular flexibility index (Phi) is 5.07. The zero-order chi connectivity index (χ0) is 17.1. The van der Waals surface area contributed by atoms with Gasteiger partial charge in [-0.05, 0) is 29.2 Å². The van der Waals surface area contributed by atoms with Gasteiger partial charge in [-0.1, -0.05) is 36.4 Å². The van der Waals surface area contributed by atoms with Crippen molar-refractivity contribution < 1.29 is 4.42 Å². The quantitative estimate of drug-likeness (QED) is 0.638. The number of hydrogen-bond acceptors (Lipinski definition) is 6. The highest BCUT2D eigenvalue weighted by Crippen LogP contribution is 2.23. The van der Waals surface area contributed by atoms with Crippen molar-refractivity contribution in [1.82, 2.24) is 19.6 Å². The molecule has 0 spiro atoms. The summed E-state index contributed by atoms with van der Waals surface area (Å²) in [5.74, 6) is 0.614. The van der Waals surface area contributed by atoms with Crippen LogP contribution in [0.3, 0.4) is 0 Å². The Balaban J connectivity index is 1.34. The standard InChI is InChI=1S/C18H20N4OS2/c24-18-22(19-17(23-18)16-7-4-12-25-16)14-21-10-8-20(9-11-21)13-15-5-2-1-3-6-15/h1-7,12H,8-11,13-14H2. The van der Waals surface area contributed by atoms with Crippen molar-refractivity contribution in [2.45, 2.75) is 13.2 Å². The van der Waals surface area contributed by atoms with E-state index in [1.165, 1.54) is 5.56 Å². The van der Waals surface area contributed by atoms with Crippen LogP contribution in [-0.2, 0) is 13.2 Å². The normalized spacial score (nSPS) is 16.3. The summed E-state index contributed by atoms with van der Waals surface area (Å²) in [6.45, 7) is 5.83. The van der Waals surface area contributed by atoms with Crippen molar-refractivity contribution in [2.24, 2.45) is 0 Å². The smallest absolute Gasteiger partial charge is 0.288 e. The molecule has 1 aliphatic rings. The summed E-state index contributed by atoms with van der Waals surface area (Å²) in [6, 6.07) is 14.6. The van der Waals surface area contributed by atoms with Gasteiger partial charge in [0.2, 0.25) is 0 Å². The van der Waals surface area contributed by atoms with Crippen LogP contribution in [0.2, 0.25) is 0 Å². The van der Waals surface area contributed by atoms with E-state index in [1.807, 2.05) is 17.5 Å². The van der Waals surface area contributed by atoms with Crippen LogP contribution in [0.4, 0.5) is 0 Å². The third kappa shape index (κ3) is 4.07. The molecule has 0 bridgehead atoms. The molecule has 7 heteroatoms. The van der Waals surface area contributed by atoms with Gasteiger partial charge in [0.05, 0.1) is 11.5 Å². The van der Waals surface area contributed by atoms with Crippen molar-refractivity contribution >= 4 is 23.6 Å². The van der Waals surface area contributed by atoms with Crippen LogP contribution in [0.25, 0.3) is 10.8 Å². The number of aromatic nitrogens is 2. The van der Waals surface area contributed by atoms with Gasteiger partial charge in [0.25, 0.3) is 10.7 Å². The summed E-state index contributed by atoms with van der Waals surface area (Å²) < 4.78 is 7.43. The van der Waals surface area contributed by atoms with Crippen LogP contribution < -0.4 is 0 Å². The largest absolute Gasteiger partial charge is 0.408 e. The molecule has 1 aromatic carbocycles. The number of thiophene rings is 1. The summed E-state index contributed by atoms with van der Waals surface area (Å²) in [7, 11) is 0. The molecule has 25 heavy (non-hydrogen) atoms. The van der Waals surface area contributed by atoms with Crippen LogP contribution in [-0.4, -0.2) is 45.8 Å². The van der Waals surface area contributed by atoms with E-state index in [0.717, 1.165) is 37.6 Å². The van der Waals surface area contributed by atoms with E-state index in [9.17, 15) is 0 Å². The fourth-order valence-corrected chi connectivity index (χ4v) is 3.84. The molecular weight excluding hydrogens is 352 g/mol. The summed E-state index contributed by atoms with van der Waals surface area (Å²) in [6.07, 6.45) is 0. The molecule has 0 amide bonds. The minimum absolute atomic E-state index is 0.440. The lowest BCUT2D eigenvalue weighted by atomic mass is 10.2. The first-order valence-electron chi connectivity index (χ1n) is 8.38. The number of rotatable bonds is 5. The zero-order valence-electron chi connectivity index (χ0n) is 13.9. The molecule has 0 radical (unpaired) electrons. The molecule has 0 saturated carbocycles. The van der Waals surface area contributed by atoms with Gasteiger partial charge < -0.3 is 4.42 Å². The Morgan fingerprint density at radius 1 is 1.00 bits per heavy atom. The van der Waals surface area contributed by atoms with Gasteiger partial charge in [0.1, 0.15) is 0 Å². The van der Waals surface area contributed by atoms with E-state index in [2.05, 4.69) is 45.2 Å².